The van der Waals surface area contributed by atoms with E-state index in [1.165, 1.54) is 0 Å². The van der Waals surface area contributed by atoms with Crippen molar-refractivity contribution < 1.29 is 13.9 Å². The molecule has 1 fully saturated rings. The summed E-state index contributed by atoms with van der Waals surface area (Å²) in [6, 6.07) is 9.11. The van der Waals surface area contributed by atoms with Gasteiger partial charge in [-0.25, -0.2) is 4.98 Å². The van der Waals surface area contributed by atoms with E-state index in [0.29, 0.717) is 29.7 Å². The van der Waals surface area contributed by atoms with Crippen LogP contribution in [0.15, 0.2) is 47.4 Å². The van der Waals surface area contributed by atoms with Gasteiger partial charge in [-0.05, 0) is 18.6 Å². The third kappa shape index (κ3) is 3.43. The normalized spacial score (nSPS) is 19.3. The van der Waals surface area contributed by atoms with Crippen molar-refractivity contribution in [3.8, 4) is 11.8 Å². The Hall–Kier alpha value is -3.18. The maximum Gasteiger partial charge on any atom is 0.254 e. The summed E-state index contributed by atoms with van der Waals surface area (Å²) in [5.74, 6) is 1.55. The quantitative estimate of drug-likeness (QED) is 0.672. The van der Waals surface area contributed by atoms with Crippen LogP contribution in [0.5, 0.6) is 5.75 Å². The van der Waals surface area contributed by atoms with E-state index in [-0.39, 0.29) is 18.6 Å². The molecule has 1 aliphatic rings. The number of nitriles is 1. The molecule has 4 rings (SSSR count). The summed E-state index contributed by atoms with van der Waals surface area (Å²) in [6.45, 7) is 1.55. The lowest BCUT2D eigenvalue weighted by molar-refractivity contribution is 0.0617. The van der Waals surface area contributed by atoms with Crippen LogP contribution < -0.4 is 4.74 Å². The van der Waals surface area contributed by atoms with Crippen LogP contribution in [-0.4, -0.2) is 26.4 Å². The van der Waals surface area contributed by atoms with E-state index in [1.54, 1.807) is 30.7 Å². The van der Waals surface area contributed by atoms with Crippen LogP contribution in [0.4, 0.5) is 0 Å². The Labute approximate surface area is 150 Å². The summed E-state index contributed by atoms with van der Waals surface area (Å²) in [5.41, 5.74) is 0.465. The zero-order chi connectivity index (χ0) is 17.8. The summed E-state index contributed by atoms with van der Waals surface area (Å²) in [6.07, 6.45) is 6.16. The van der Waals surface area contributed by atoms with Gasteiger partial charge in [0.05, 0.1) is 11.9 Å². The van der Waals surface area contributed by atoms with Crippen LogP contribution in [0.1, 0.15) is 29.9 Å². The monoisotopic (exact) mass is 351 g/mol. The van der Waals surface area contributed by atoms with Crippen LogP contribution >= 0.6 is 0 Å². The van der Waals surface area contributed by atoms with Gasteiger partial charge >= 0.3 is 0 Å². The Kier molecular flexibility index (Phi) is 4.62. The van der Waals surface area contributed by atoms with Crippen LogP contribution in [0, 0.1) is 17.2 Å². The second-order valence-electron chi connectivity index (χ2n) is 6.03. The van der Waals surface area contributed by atoms with E-state index in [0.717, 1.165) is 13.0 Å². The molecule has 2 atom stereocenters. The highest BCUT2D eigenvalue weighted by molar-refractivity contribution is 5.42. The summed E-state index contributed by atoms with van der Waals surface area (Å²) in [4.78, 5) is 4.06. The van der Waals surface area contributed by atoms with Crippen molar-refractivity contribution in [3.63, 3.8) is 0 Å². The number of imidazole rings is 1. The SMILES string of the molecule is N#Cc1ccccc1OCc1nnc([C@H]2OCC[C@H]2Cn2ccnc2)o1. The zero-order valence-corrected chi connectivity index (χ0v) is 14.0. The van der Waals surface area contributed by atoms with Crippen molar-refractivity contribution in [2.24, 2.45) is 5.92 Å². The van der Waals surface area contributed by atoms with Gasteiger partial charge in [-0.2, -0.15) is 5.26 Å². The molecule has 3 aromatic rings. The minimum Gasteiger partial charge on any atom is -0.482 e. The second-order valence-corrected chi connectivity index (χ2v) is 6.03. The number of para-hydroxylation sites is 1. The number of aromatic nitrogens is 4. The first-order valence-corrected chi connectivity index (χ1v) is 8.35. The number of rotatable bonds is 6. The minimum absolute atomic E-state index is 0.102. The highest BCUT2D eigenvalue weighted by Gasteiger charge is 2.34. The summed E-state index contributed by atoms with van der Waals surface area (Å²) >= 11 is 0. The molecule has 0 bridgehead atoms. The maximum absolute atomic E-state index is 9.09. The Balaban J connectivity index is 1.42. The molecule has 0 spiro atoms. The Morgan fingerprint density at radius 1 is 1.31 bits per heavy atom. The fraction of sp³-hybridized carbons (Fsp3) is 0.333. The molecule has 1 aliphatic heterocycles. The molecule has 8 nitrogen and oxygen atoms in total. The molecule has 3 heterocycles. The lowest BCUT2D eigenvalue weighted by Crippen LogP contribution is -2.14. The van der Waals surface area contributed by atoms with Gasteiger partial charge in [-0.1, -0.05) is 12.1 Å². The van der Waals surface area contributed by atoms with E-state index in [1.807, 2.05) is 16.8 Å². The zero-order valence-electron chi connectivity index (χ0n) is 14.0. The van der Waals surface area contributed by atoms with Crippen molar-refractivity contribution in [3.05, 3.63) is 60.3 Å². The predicted molar refractivity (Wildman–Crippen MR) is 88.8 cm³/mol. The minimum atomic E-state index is -0.231. The number of benzene rings is 1. The molecule has 2 aromatic heterocycles. The largest absolute Gasteiger partial charge is 0.482 e. The highest BCUT2D eigenvalue weighted by atomic mass is 16.5. The lowest BCUT2D eigenvalue weighted by atomic mass is 10.0. The molecule has 0 radical (unpaired) electrons. The van der Waals surface area contributed by atoms with Crippen molar-refractivity contribution >= 4 is 0 Å². The van der Waals surface area contributed by atoms with Gasteiger partial charge in [0.15, 0.2) is 6.61 Å². The molecule has 0 saturated carbocycles. The topological polar surface area (TPSA) is 99.0 Å². The predicted octanol–water partition coefficient (Wildman–Crippen LogP) is 2.49. The van der Waals surface area contributed by atoms with Gasteiger partial charge in [0, 0.05) is 31.5 Å². The first-order chi connectivity index (χ1) is 12.8. The van der Waals surface area contributed by atoms with Gasteiger partial charge in [-0.15, -0.1) is 10.2 Å². The second kappa shape index (κ2) is 7.37. The molecule has 1 aromatic carbocycles. The molecule has 1 saturated heterocycles. The average molecular weight is 351 g/mol. The summed E-state index contributed by atoms with van der Waals surface area (Å²) in [7, 11) is 0. The fourth-order valence-corrected chi connectivity index (χ4v) is 3.02. The fourth-order valence-electron chi connectivity index (χ4n) is 3.02. The number of hydrogen-bond acceptors (Lipinski definition) is 7. The van der Waals surface area contributed by atoms with Crippen molar-refractivity contribution in [2.45, 2.75) is 25.7 Å². The van der Waals surface area contributed by atoms with Crippen molar-refractivity contribution in [1.29, 1.82) is 5.26 Å². The third-order valence-electron chi connectivity index (χ3n) is 4.30. The lowest BCUT2D eigenvalue weighted by Gasteiger charge is -2.15. The molecule has 0 amide bonds. The standard InChI is InChI=1S/C18H17N5O3/c19-9-13-3-1-2-4-15(13)25-11-16-21-22-18(26-16)17-14(5-8-24-17)10-23-7-6-20-12-23/h1-4,6-7,12,14,17H,5,8,10-11H2/t14-,17-/m0/s1. The molecular formula is C18H17N5O3. The first-order valence-electron chi connectivity index (χ1n) is 8.35. The van der Waals surface area contributed by atoms with Gasteiger partial charge in [0.25, 0.3) is 5.89 Å². The van der Waals surface area contributed by atoms with E-state index in [4.69, 9.17) is 19.2 Å². The Morgan fingerprint density at radius 3 is 3.08 bits per heavy atom. The first kappa shape index (κ1) is 16.3. The van der Waals surface area contributed by atoms with E-state index in [9.17, 15) is 0 Å². The molecule has 8 heteroatoms. The van der Waals surface area contributed by atoms with Crippen LogP contribution in [0.25, 0.3) is 0 Å². The van der Waals surface area contributed by atoms with Gasteiger partial charge in [-0.3, -0.25) is 0 Å². The molecule has 0 unspecified atom stereocenters. The Bertz CT molecular complexity index is 900. The summed E-state index contributed by atoms with van der Waals surface area (Å²) in [5, 5.41) is 17.3. The maximum atomic E-state index is 9.09. The third-order valence-corrected chi connectivity index (χ3v) is 4.30. The van der Waals surface area contributed by atoms with Crippen LogP contribution in [0.3, 0.4) is 0 Å². The van der Waals surface area contributed by atoms with E-state index >= 15 is 0 Å². The molecule has 0 aliphatic carbocycles. The molecule has 132 valence electrons. The van der Waals surface area contributed by atoms with Gasteiger partial charge < -0.3 is 18.5 Å². The number of nitrogens with zero attached hydrogens (tertiary/aromatic N) is 5. The summed E-state index contributed by atoms with van der Waals surface area (Å²) < 4.78 is 19.2. The van der Waals surface area contributed by atoms with E-state index < -0.39 is 0 Å². The average Bonchev–Trinajstić information content (AvgIpc) is 3.42. The van der Waals surface area contributed by atoms with Crippen molar-refractivity contribution in [2.75, 3.05) is 6.61 Å². The number of hydrogen-bond donors (Lipinski definition) is 0. The van der Waals surface area contributed by atoms with Gasteiger partial charge in [0.1, 0.15) is 17.9 Å². The Morgan fingerprint density at radius 2 is 2.23 bits per heavy atom. The molecule has 0 N–H and O–H groups in total. The number of ether oxygens (including phenoxy) is 2. The van der Waals surface area contributed by atoms with Crippen LogP contribution in [0.2, 0.25) is 0 Å². The molecule has 26 heavy (non-hydrogen) atoms. The molecular weight excluding hydrogens is 334 g/mol. The smallest absolute Gasteiger partial charge is 0.254 e. The van der Waals surface area contributed by atoms with Gasteiger partial charge in [0.2, 0.25) is 5.89 Å². The van der Waals surface area contributed by atoms with Crippen molar-refractivity contribution in [1.82, 2.24) is 19.7 Å². The van der Waals surface area contributed by atoms with Crippen LogP contribution in [-0.2, 0) is 17.9 Å². The highest BCUT2D eigenvalue weighted by Crippen LogP contribution is 2.35. The van der Waals surface area contributed by atoms with E-state index in [2.05, 4.69) is 21.3 Å².